The van der Waals surface area contributed by atoms with Gasteiger partial charge in [-0.05, 0) is 75.6 Å². The number of hydrogen-bond donors (Lipinski definition) is 3. The molecule has 0 aromatic carbocycles. The van der Waals surface area contributed by atoms with Crippen molar-refractivity contribution >= 4 is 32.2 Å². The summed E-state index contributed by atoms with van der Waals surface area (Å²) in [5.41, 5.74) is 0.433. The number of carboxylic acids is 3. The standard InChI is InChI=1S/C42H66O11Si/c1-11-12-24-41(52-39(49)22-21-37(45)46)26-27-42(51-35(41)19-15-30(3)28-38(47)48)25-23-32(5)33(50-42)17-13-29(2)14-18-34(31(4)16-20-36(43)44)53-54(9,10)40(6,7)8/h13-16,18-20,28,31-35H,11-12,17,21-27H2,1-10H3,(H,43,44)(H,45,46)(H,47,48)/b18-14+,19-15+,20-16+,29-13+,30-28+/t31-,32-,33+,34-,35-,41+,42-/m0/s1. The SMILES string of the molecule is CCCC[C@@]1(OC(=O)CCC(=O)O)CC[C@]2(CC[C@H](C)[C@@H](C/C=C(C)/C=C/[C@H](O[Si](C)(C)C(C)(C)C)[C@@H](C)/C=C/C(=O)O)O2)O[C@H]1/C=C/C(C)=C/C(=O)O. The molecule has 0 amide bonds. The monoisotopic (exact) mass is 774 g/mol. The summed E-state index contributed by atoms with van der Waals surface area (Å²) in [6, 6.07) is 0. The van der Waals surface area contributed by atoms with Crippen molar-refractivity contribution in [1.29, 1.82) is 0 Å². The van der Waals surface area contributed by atoms with Crippen LogP contribution in [0.3, 0.4) is 0 Å². The molecule has 0 aromatic heterocycles. The van der Waals surface area contributed by atoms with Gasteiger partial charge in [0.15, 0.2) is 14.1 Å². The fourth-order valence-electron chi connectivity index (χ4n) is 6.46. The molecule has 2 rings (SSSR count). The molecule has 0 aliphatic carbocycles. The Kier molecular flexibility index (Phi) is 17.8. The minimum absolute atomic E-state index is 0.0215. The molecule has 2 fully saturated rings. The zero-order chi connectivity index (χ0) is 40.9. The van der Waals surface area contributed by atoms with E-state index in [4.69, 9.17) is 23.7 Å². The number of esters is 1. The van der Waals surface area contributed by atoms with E-state index in [9.17, 15) is 29.4 Å². The predicted molar refractivity (Wildman–Crippen MR) is 211 cm³/mol. The zero-order valence-corrected chi connectivity index (χ0v) is 35.2. The maximum Gasteiger partial charge on any atom is 0.328 e. The van der Waals surface area contributed by atoms with Crippen LogP contribution in [0.1, 0.15) is 120 Å². The molecule has 11 nitrogen and oxygen atoms in total. The van der Waals surface area contributed by atoms with Gasteiger partial charge in [0.25, 0.3) is 0 Å². The average Bonchev–Trinajstić information content (AvgIpc) is 3.07. The second-order valence-corrected chi connectivity index (χ2v) is 21.4. The summed E-state index contributed by atoms with van der Waals surface area (Å²) in [6.07, 6.45) is 16.8. The highest BCUT2D eigenvalue weighted by molar-refractivity contribution is 6.74. The van der Waals surface area contributed by atoms with Crippen molar-refractivity contribution in [2.75, 3.05) is 0 Å². The van der Waals surface area contributed by atoms with Gasteiger partial charge in [0.2, 0.25) is 0 Å². The normalized spacial score (nSPS) is 27.1. The summed E-state index contributed by atoms with van der Waals surface area (Å²) >= 11 is 0. The van der Waals surface area contributed by atoms with Crippen LogP contribution in [0, 0.1) is 11.8 Å². The fourth-order valence-corrected chi connectivity index (χ4v) is 7.79. The first-order valence-electron chi connectivity index (χ1n) is 19.4. The first-order chi connectivity index (χ1) is 25.0. The van der Waals surface area contributed by atoms with Gasteiger partial charge in [-0.2, -0.15) is 0 Å². The van der Waals surface area contributed by atoms with Crippen LogP contribution in [0.5, 0.6) is 0 Å². The molecular weight excluding hydrogens is 709 g/mol. The second kappa shape index (κ2) is 20.6. The van der Waals surface area contributed by atoms with Gasteiger partial charge < -0.3 is 34.0 Å². The molecule has 54 heavy (non-hydrogen) atoms. The summed E-state index contributed by atoms with van der Waals surface area (Å²) < 4.78 is 26.5. The van der Waals surface area contributed by atoms with Crippen molar-refractivity contribution in [2.45, 2.75) is 167 Å². The molecule has 1 spiro atoms. The number of allylic oxidation sites excluding steroid dienone is 4. The van der Waals surface area contributed by atoms with Gasteiger partial charge in [-0.1, -0.05) is 90.0 Å². The van der Waals surface area contributed by atoms with Crippen LogP contribution in [0.25, 0.3) is 0 Å². The van der Waals surface area contributed by atoms with Gasteiger partial charge in [0.1, 0.15) is 11.7 Å². The summed E-state index contributed by atoms with van der Waals surface area (Å²) in [4.78, 5) is 46.8. The lowest BCUT2D eigenvalue weighted by atomic mass is 9.78. The molecule has 0 radical (unpaired) electrons. The van der Waals surface area contributed by atoms with Gasteiger partial charge in [-0.3, -0.25) is 9.59 Å². The Morgan fingerprint density at radius 2 is 1.61 bits per heavy atom. The molecular formula is C42H66O11Si. The molecule has 12 heteroatoms. The molecule has 2 aliphatic heterocycles. The Morgan fingerprint density at radius 3 is 2.20 bits per heavy atom. The van der Waals surface area contributed by atoms with Crippen LogP contribution < -0.4 is 0 Å². The third-order valence-electron chi connectivity index (χ3n) is 11.0. The van der Waals surface area contributed by atoms with E-state index in [0.29, 0.717) is 37.7 Å². The lowest BCUT2D eigenvalue weighted by Gasteiger charge is -2.53. The quantitative estimate of drug-likeness (QED) is 0.0496. The Morgan fingerprint density at radius 1 is 0.926 bits per heavy atom. The van der Waals surface area contributed by atoms with Gasteiger partial charge >= 0.3 is 23.9 Å². The van der Waals surface area contributed by atoms with Crippen LogP contribution >= 0.6 is 0 Å². The van der Waals surface area contributed by atoms with Gasteiger partial charge in [0, 0.05) is 30.9 Å². The molecule has 304 valence electrons. The predicted octanol–water partition coefficient (Wildman–Crippen LogP) is 9.16. The summed E-state index contributed by atoms with van der Waals surface area (Å²) in [7, 11) is -2.17. The molecule has 0 bridgehead atoms. The highest BCUT2D eigenvalue weighted by atomic mass is 28.4. The lowest BCUT2D eigenvalue weighted by Crippen LogP contribution is -2.59. The van der Waals surface area contributed by atoms with Crippen LogP contribution in [-0.4, -0.2) is 77.2 Å². The van der Waals surface area contributed by atoms with Gasteiger partial charge in [-0.15, -0.1) is 0 Å². The van der Waals surface area contributed by atoms with Crippen molar-refractivity contribution in [3.8, 4) is 0 Å². The Balaban J connectivity index is 2.38. The fraction of sp³-hybridized carbons (Fsp3) is 0.667. The van der Waals surface area contributed by atoms with Crippen molar-refractivity contribution < 1.29 is 53.1 Å². The van der Waals surface area contributed by atoms with Gasteiger partial charge in [-0.25, -0.2) is 9.59 Å². The summed E-state index contributed by atoms with van der Waals surface area (Å²) in [6.45, 7) is 20.7. The molecule has 2 aliphatic rings. The van der Waals surface area contributed by atoms with E-state index < -0.39 is 49.7 Å². The second-order valence-electron chi connectivity index (χ2n) is 16.7. The largest absolute Gasteiger partial charge is 0.481 e. The summed E-state index contributed by atoms with van der Waals surface area (Å²) in [5, 5.41) is 27.7. The smallest absolute Gasteiger partial charge is 0.328 e. The highest BCUT2D eigenvalue weighted by Crippen LogP contribution is 2.48. The van der Waals surface area contributed by atoms with Crippen molar-refractivity contribution in [2.24, 2.45) is 11.8 Å². The van der Waals surface area contributed by atoms with Crippen LogP contribution in [0.2, 0.25) is 18.1 Å². The molecule has 0 saturated carbocycles. The zero-order valence-electron chi connectivity index (χ0n) is 34.2. The number of aliphatic carboxylic acids is 3. The Bertz CT molecular complexity index is 1450. The summed E-state index contributed by atoms with van der Waals surface area (Å²) in [5.74, 6) is -4.65. The number of ether oxygens (including phenoxy) is 3. The molecule has 3 N–H and O–H groups in total. The van der Waals surface area contributed by atoms with E-state index in [0.717, 1.165) is 30.9 Å². The van der Waals surface area contributed by atoms with E-state index in [1.165, 1.54) is 6.08 Å². The number of rotatable bonds is 19. The number of unbranched alkanes of at least 4 members (excludes halogenated alkanes) is 1. The Labute approximate surface area is 323 Å². The lowest BCUT2D eigenvalue weighted by molar-refractivity contribution is -0.344. The van der Waals surface area contributed by atoms with Crippen molar-refractivity contribution in [3.05, 3.63) is 59.8 Å². The maximum atomic E-state index is 13.0. The number of hydrogen-bond acceptors (Lipinski definition) is 8. The highest BCUT2D eigenvalue weighted by Gasteiger charge is 2.54. The first-order valence-corrected chi connectivity index (χ1v) is 22.3. The van der Waals surface area contributed by atoms with Crippen LogP contribution in [0.4, 0.5) is 0 Å². The van der Waals surface area contributed by atoms with E-state index in [-0.39, 0.29) is 41.9 Å². The first kappa shape index (κ1) is 46.8. The topological polar surface area (TPSA) is 166 Å². The van der Waals surface area contributed by atoms with Gasteiger partial charge in [0.05, 0.1) is 25.0 Å². The Hall–Kier alpha value is -3.32. The van der Waals surface area contributed by atoms with E-state index >= 15 is 0 Å². The van der Waals surface area contributed by atoms with E-state index in [2.05, 4.69) is 46.9 Å². The molecule has 2 heterocycles. The minimum atomic E-state index is -2.17. The molecule has 2 saturated heterocycles. The van der Waals surface area contributed by atoms with Crippen molar-refractivity contribution in [3.63, 3.8) is 0 Å². The number of carboxylic acid groups (broad SMARTS) is 3. The molecule has 0 unspecified atom stereocenters. The van der Waals surface area contributed by atoms with Crippen LogP contribution in [0.15, 0.2) is 59.8 Å². The molecule has 0 aromatic rings. The molecule has 7 atom stereocenters. The van der Waals surface area contributed by atoms with Crippen LogP contribution in [-0.2, 0) is 37.8 Å². The maximum absolute atomic E-state index is 13.0. The third kappa shape index (κ3) is 14.7. The van der Waals surface area contributed by atoms with E-state index in [1.54, 1.807) is 25.2 Å². The number of carbonyl (C=O) groups is 4. The van der Waals surface area contributed by atoms with Crippen molar-refractivity contribution in [1.82, 2.24) is 0 Å². The van der Waals surface area contributed by atoms with E-state index in [1.807, 2.05) is 32.9 Å². The third-order valence-corrected chi connectivity index (χ3v) is 15.5. The number of carbonyl (C=O) groups excluding carboxylic acids is 1. The average molecular weight is 775 g/mol. The minimum Gasteiger partial charge on any atom is -0.481 e.